The van der Waals surface area contributed by atoms with Crippen LogP contribution in [0.25, 0.3) is 11.0 Å². The largest absolute Gasteiger partial charge is 0.426 e. The summed E-state index contributed by atoms with van der Waals surface area (Å²) >= 11 is 0. The Hall–Kier alpha value is -3.40. The van der Waals surface area contributed by atoms with Gasteiger partial charge in [0.2, 0.25) is 0 Å². The van der Waals surface area contributed by atoms with Crippen LogP contribution in [0, 0.1) is 0 Å². The molecule has 1 heterocycles. The molecule has 3 aromatic carbocycles. The SMILES string of the molecule is O=C(CC(c1ccccc1)c1ccccc1)Oc1ccc2nc[nH]c2c1. The van der Waals surface area contributed by atoms with Gasteiger partial charge in [0.15, 0.2) is 0 Å². The van der Waals surface area contributed by atoms with Gasteiger partial charge in [0, 0.05) is 12.0 Å². The molecule has 0 unspecified atom stereocenters. The number of carbonyl (C=O) groups is 1. The Labute approximate surface area is 151 Å². The Morgan fingerprint density at radius 1 is 0.923 bits per heavy atom. The van der Waals surface area contributed by atoms with E-state index >= 15 is 0 Å². The highest BCUT2D eigenvalue weighted by molar-refractivity contribution is 5.79. The van der Waals surface area contributed by atoms with Crippen LogP contribution < -0.4 is 4.74 Å². The van der Waals surface area contributed by atoms with Crippen molar-refractivity contribution in [3.05, 3.63) is 96.3 Å². The van der Waals surface area contributed by atoms with Gasteiger partial charge in [0.05, 0.1) is 23.8 Å². The van der Waals surface area contributed by atoms with Gasteiger partial charge in [-0.05, 0) is 23.3 Å². The smallest absolute Gasteiger partial charge is 0.312 e. The minimum atomic E-state index is -0.262. The number of aromatic nitrogens is 2. The molecular formula is C22H18N2O2. The summed E-state index contributed by atoms with van der Waals surface area (Å²) in [5, 5.41) is 0. The van der Waals surface area contributed by atoms with E-state index in [1.54, 1.807) is 18.5 Å². The van der Waals surface area contributed by atoms with Crippen LogP contribution in [0.15, 0.2) is 85.2 Å². The molecule has 0 amide bonds. The van der Waals surface area contributed by atoms with Gasteiger partial charge in [0.25, 0.3) is 0 Å². The Balaban J connectivity index is 1.56. The number of fused-ring (bicyclic) bond motifs is 1. The van der Waals surface area contributed by atoms with Crippen LogP contribution in [0.2, 0.25) is 0 Å². The average molecular weight is 342 g/mol. The first-order chi connectivity index (χ1) is 12.8. The first-order valence-corrected chi connectivity index (χ1v) is 8.53. The van der Waals surface area contributed by atoms with E-state index < -0.39 is 0 Å². The molecule has 4 aromatic rings. The zero-order chi connectivity index (χ0) is 17.8. The quantitative estimate of drug-likeness (QED) is 0.423. The number of ether oxygens (including phenoxy) is 1. The number of carbonyl (C=O) groups excluding carboxylic acids is 1. The number of nitrogens with zero attached hydrogens (tertiary/aromatic N) is 1. The fraction of sp³-hybridized carbons (Fsp3) is 0.0909. The molecule has 26 heavy (non-hydrogen) atoms. The van der Waals surface area contributed by atoms with E-state index in [0.29, 0.717) is 5.75 Å². The molecule has 0 bridgehead atoms. The molecule has 0 aliphatic carbocycles. The summed E-state index contributed by atoms with van der Waals surface area (Å²) < 4.78 is 5.58. The first kappa shape index (κ1) is 16.1. The van der Waals surface area contributed by atoms with Crippen LogP contribution in [0.5, 0.6) is 5.75 Å². The summed E-state index contributed by atoms with van der Waals surface area (Å²) in [5.41, 5.74) is 3.88. The molecular weight excluding hydrogens is 324 g/mol. The Morgan fingerprint density at radius 3 is 2.23 bits per heavy atom. The van der Waals surface area contributed by atoms with Crippen LogP contribution in [0.3, 0.4) is 0 Å². The van der Waals surface area contributed by atoms with Crippen molar-refractivity contribution in [2.45, 2.75) is 12.3 Å². The van der Waals surface area contributed by atoms with Gasteiger partial charge in [-0.2, -0.15) is 0 Å². The third kappa shape index (κ3) is 3.49. The van der Waals surface area contributed by atoms with Crippen LogP contribution in [-0.2, 0) is 4.79 Å². The van der Waals surface area contributed by atoms with E-state index in [2.05, 4.69) is 9.97 Å². The molecule has 0 saturated carbocycles. The van der Waals surface area contributed by atoms with E-state index in [4.69, 9.17) is 4.74 Å². The lowest BCUT2D eigenvalue weighted by Gasteiger charge is -2.17. The number of aromatic amines is 1. The Kier molecular flexibility index (Phi) is 4.48. The van der Waals surface area contributed by atoms with Crippen molar-refractivity contribution in [2.24, 2.45) is 0 Å². The molecule has 0 radical (unpaired) electrons. The second-order valence-electron chi connectivity index (χ2n) is 6.13. The maximum atomic E-state index is 12.6. The molecule has 0 aliphatic rings. The highest BCUT2D eigenvalue weighted by atomic mass is 16.5. The van der Waals surface area contributed by atoms with Gasteiger partial charge in [-0.3, -0.25) is 4.79 Å². The molecule has 0 saturated heterocycles. The van der Waals surface area contributed by atoms with E-state index in [0.717, 1.165) is 22.2 Å². The van der Waals surface area contributed by atoms with Crippen molar-refractivity contribution in [1.29, 1.82) is 0 Å². The molecule has 0 fully saturated rings. The summed E-state index contributed by atoms with van der Waals surface area (Å²) in [5.74, 6) is 0.217. The van der Waals surface area contributed by atoms with Crippen molar-refractivity contribution < 1.29 is 9.53 Å². The average Bonchev–Trinajstić information content (AvgIpc) is 3.15. The topological polar surface area (TPSA) is 55.0 Å². The number of hydrogen-bond donors (Lipinski definition) is 1. The molecule has 1 aromatic heterocycles. The third-order valence-corrected chi connectivity index (χ3v) is 4.40. The molecule has 4 nitrogen and oxygen atoms in total. The van der Waals surface area contributed by atoms with Gasteiger partial charge in [0.1, 0.15) is 5.75 Å². The number of imidazole rings is 1. The number of benzene rings is 3. The summed E-state index contributed by atoms with van der Waals surface area (Å²) in [6.45, 7) is 0. The van der Waals surface area contributed by atoms with Gasteiger partial charge >= 0.3 is 5.97 Å². The minimum Gasteiger partial charge on any atom is -0.426 e. The molecule has 128 valence electrons. The molecule has 1 N–H and O–H groups in total. The summed E-state index contributed by atoms with van der Waals surface area (Å²) in [6, 6.07) is 25.5. The lowest BCUT2D eigenvalue weighted by Crippen LogP contribution is -2.14. The van der Waals surface area contributed by atoms with Crippen LogP contribution in [-0.4, -0.2) is 15.9 Å². The lowest BCUT2D eigenvalue weighted by molar-refractivity contribution is -0.134. The highest BCUT2D eigenvalue weighted by Crippen LogP contribution is 2.29. The number of H-pyrrole nitrogens is 1. The minimum absolute atomic E-state index is 0.0409. The zero-order valence-corrected chi connectivity index (χ0v) is 14.1. The summed E-state index contributed by atoms with van der Waals surface area (Å²) in [6.07, 6.45) is 1.89. The summed E-state index contributed by atoms with van der Waals surface area (Å²) in [4.78, 5) is 19.8. The second-order valence-corrected chi connectivity index (χ2v) is 6.13. The monoisotopic (exact) mass is 342 g/mol. The molecule has 4 heteroatoms. The van der Waals surface area contributed by atoms with Crippen molar-refractivity contribution >= 4 is 17.0 Å². The van der Waals surface area contributed by atoms with Crippen molar-refractivity contribution in [3.63, 3.8) is 0 Å². The normalized spacial score (nSPS) is 11.0. The Morgan fingerprint density at radius 2 is 1.58 bits per heavy atom. The van der Waals surface area contributed by atoms with E-state index in [1.807, 2.05) is 66.7 Å². The fourth-order valence-electron chi connectivity index (χ4n) is 3.12. The maximum Gasteiger partial charge on any atom is 0.312 e. The highest BCUT2D eigenvalue weighted by Gasteiger charge is 2.19. The number of hydrogen-bond acceptors (Lipinski definition) is 3. The number of rotatable bonds is 5. The standard InChI is InChI=1S/C22H18N2O2/c25-22(26-18-11-12-20-21(13-18)24-15-23-20)14-19(16-7-3-1-4-8-16)17-9-5-2-6-10-17/h1-13,15,19H,14H2,(H,23,24). The molecule has 0 spiro atoms. The predicted octanol–water partition coefficient (Wildman–Crippen LogP) is 4.69. The molecule has 0 aliphatic heterocycles. The van der Waals surface area contributed by atoms with E-state index in [9.17, 15) is 4.79 Å². The van der Waals surface area contributed by atoms with Gasteiger partial charge in [-0.25, -0.2) is 4.98 Å². The lowest BCUT2D eigenvalue weighted by atomic mass is 9.89. The van der Waals surface area contributed by atoms with Crippen LogP contribution in [0.4, 0.5) is 0 Å². The predicted molar refractivity (Wildman–Crippen MR) is 101 cm³/mol. The van der Waals surface area contributed by atoms with Crippen LogP contribution in [0.1, 0.15) is 23.5 Å². The van der Waals surface area contributed by atoms with Gasteiger partial charge in [-0.15, -0.1) is 0 Å². The maximum absolute atomic E-state index is 12.6. The van der Waals surface area contributed by atoms with E-state index in [-0.39, 0.29) is 18.3 Å². The first-order valence-electron chi connectivity index (χ1n) is 8.53. The third-order valence-electron chi connectivity index (χ3n) is 4.40. The molecule has 4 rings (SSSR count). The van der Waals surface area contributed by atoms with Crippen LogP contribution >= 0.6 is 0 Å². The fourth-order valence-corrected chi connectivity index (χ4v) is 3.12. The number of esters is 1. The van der Waals surface area contributed by atoms with Gasteiger partial charge in [-0.1, -0.05) is 60.7 Å². The summed E-state index contributed by atoms with van der Waals surface area (Å²) in [7, 11) is 0. The Bertz CT molecular complexity index is 970. The molecule has 0 atom stereocenters. The number of nitrogens with one attached hydrogen (secondary N) is 1. The second kappa shape index (κ2) is 7.23. The van der Waals surface area contributed by atoms with Crippen molar-refractivity contribution in [3.8, 4) is 5.75 Å². The van der Waals surface area contributed by atoms with E-state index in [1.165, 1.54) is 0 Å². The van der Waals surface area contributed by atoms with Crippen molar-refractivity contribution in [2.75, 3.05) is 0 Å². The van der Waals surface area contributed by atoms with Crippen molar-refractivity contribution in [1.82, 2.24) is 9.97 Å². The zero-order valence-electron chi connectivity index (χ0n) is 14.1. The van der Waals surface area contributed by atoms with Gasteiger partial charge < -0.3 is 9.72 Å².